The van der Waals surface area contributed by atoms with Crippen molar-refractivity contribution in [3.8, 4) is 11.9 Å². The van der Waals surface area contributed by atoms with E-state index < -0.39 is 12.5 Å². The normalized spacial score (nSPS) is 21.8. The summed E-state index contributed by atoms with van der Waals surface area (Å²) in [5, 5.41) is 17.6. The average Bonchev–Trinajstić information content (AvgIpc) is 3.18. The van der Waals surface area contributed by atoms with Crippen LogP contribution in [0, 0.1) is 17.2 Å². The van der Waals surface area contributed by atoms with Gasteiger partial charge in [0.2, 0.25) is 5.95 Å². The van der Waals surface area contributed by atoms with E-state index in [1.807, 2.05) is 4.57 Å². The number of hydrogen-bond acceptors (Lipinski definition) is 7. The summed E-state index contributed by atoms with van der Waals surface area (Å²) in [5.74, 6) is 0.740. The molecule has 168 valence electrons. The van der Waals surface area contributed by atoms with Gasteiger partial charge >= 0.3 is 0 Å². The Hall–Kier alpha value is -3.26. The van der Waals surface area contributed by atoms with Gasteiger partial charge in [-0.05, 0) is 25.8 Å². The van der Waals surface area contributed by atoms with Crippen LogP contribution in [0.1, 0.15) is 44.5 Å². The van der Waals surface area contributed by atoms with Crippen molar-refractivity contribution in [3.05, 3.63) is 24.2 Å². The van der Waals surface area contributed by atoms with E-state index >= 15 is 0 Å². The van der Waals surface area contributed by atoms with E-state index in [0.29, 0.717) is 30.2 Å². The second-order valence-corrected chi connectivity index (χ2v) is 8.41. The van der Waals surface area contributed by atoms with E-state index in [1.165, 1.54) is 17.8 Å². The predicted octanol–water partition coefficient (Wildman–Crippen LogP) is 3.82. The molecule has 3 atom stereocenters. The first-order valence-corrected chi connectivity index (χ1v) is 10.6. The molecular formula is C21H23F2N7O2. The van der Waals surface area contributed by atoms with Crippen molar-refractivity contribution in [1.29, 1.82) is 5.26 Å². The third-order valence-corrected chi connectivity index (χ3v) is 5.88. The first-order valence-electron chi connectivity index (χ1n) is 10.6. The lowest BCUT2D eigenvalue weighted by Gasteiger charge is -2.17. The molecule has 0 spiro atoms. The molecule has 5 rings (SSSR count). The number of fused-ring (bicyclic) bond motifs is 1. The number of nitrogens with zero attached hydrogens (tertiary/aromatic N) is 6. The summed E-state index contributed by atoms with van der Waals surface area (Å²) in [4.78, 5) is 8.98. The van der Waals surface area contributed by atoms with Crippen molar-refractivity contribution < 1.29 is 18.3 Å². The zero-order valence-electron chi connectivity index (χ0n) is 17.7. The fraction of sp³-hybridized carbons (Fsp3) is 0.524. The van der Waals surface area contributed by atoms with Crippen LogP contribution in [0.3, 0.4) is 0 Å². The van der Waals surface area contributed by atoms with Crippen LogP contribution in [-0.2, 0) is 4.74 Å². The van der Waals surface area contributed by atoms with Crippen LogP contribution < -0.4 is 10.1 Å². The highest BCUT2D eigenvalue weighted by Crippen LogP contribution is 2.35. The highest BCUT2D eigenvalue weighted by atomic mass is 19.3. The fourth-order valence-electron chi connectivity index (χ4n) is 3.81. The van der Waals surface area contributed by atoms with E-state index in [4.69, 9.17) is 9.47 Å². The van der Waals surface area contributed by atoms with Crippen molar-refractivity contribution >= 4 is 22.7 Å². The van der Waals surface area contributed by atoms with Crippen LogP contribution in [-0.4, -0.2) is 50.1 Å². The number of nitriles is 1. The molecule has 0 unspecified atom stereocenters. The number of ether oxygens (including phenoxy) is 2. The van der Waals surface area contributed by atoms with E-state index in [1.54, 1.807) is 12.3 Å². The second kappa shape index (κ2) is 8.02. The van der Waals surface area contributed by atoms with Gasteiger partial charge in [-0.15, -0.1) is 5.10 Å². The van der Waals surface area contributed by atoms with Crippen LogP contribution in [0.5, 0.6) is 5.88 Å². The molecule has 2 fully saturated rings. The number of rotatable bonds is 7. The van der Waals surface area contributed by atoms with Crippen molar-refractivity contribution in [2.45, 2.75) is 51.3 Å². The van der Waals surface area contributed by atoms with Gasteiger partial charge in [0.15, 0.2) is 0 Å². The van der Waals surface area contributed by atoms with E-state index in [0.717, 1.165) is 18.2 Å². The first kappa shape index (κ1) is 20.6. The second-order valence-electron chi connectivity index (χ2n) is 8.41. The van der Waals surface area contributed by atoms with Crippen LogP contribution in [0.4, 0.5) is 20.4 Å². The van der Waals surface area contributed by atoms with Gasteiger partial charge in [-0.2, -0.15) is 10.2 Å². The number of hydrogen-bond donors (Lipinski definition) is 1. The molecule has 3 aromatic rings. The Morgan fingerprint density at radius 3 is 2.81 bits per heavy atom. The highest BCUT2D eigenvalue weighted by Gasteiger charge is 2.30. The molecule has 0 aromatic carbocycles. The molecule has 11 heteroatoms. The fourth-order valence-corrected chi connectivity index (χ4v) is 3.81. The summed E-state index contributed by atoms with van der Waals surface area (Å²) >= 11 is 0. The Bertz CT molecular complexity index is 1180. The monoisotopic (exact) mass is 443 g/mol. The van der Waals surface area contributed by atoms with Gasteiger partial charge in [0.25, 0.3) is 12.3 Å². The average molecular weight is 443 g/mol. The molecule has 1 aliphatic heterocycles. The molecule has 32 heavy (non-hydrogen) atoms. The van der Waals surface area contributed by atoms with E-state index in [9.17, 15) is 14.0 Å². The van der Waals surface area contributed by atoms with Gasteiger partial charge < -0.3 is 19.4 Å². The van der Waals surface area contributed by atoms with Crippen LogP contribution in [0.15, 0.2) is 18.5 Å². The smallest absolute Gasteiger partial charge is 0.260 e. The first-order chi connectivity index (χ1) is 15.4. The van der Waals surface area contributed by atoms with Gasteiger partial charge in [-0.25, -0.2) is 13.8 Å². The van der Waals surface area contributed by atoms with Crippen molar-refractivity contribution in [3.63, 3.8) is 0 Å². The summed E-state index contributed by atoms with van der Waals surface area (Å²) < 4.78 is 40.9. The standard InChI is InChI=1S/C21H23F2N7O2/c1-11-9-31-10-17(11)30-14(6-24)5-13-7-25-21(27-19(13)30)26-16-8-29(12(2)18(22)23)28-20(16)32-15-3-4-15/h5,7-8,11-12,15,17-18H,3-4,9-10H2,1-2H3,(H,25,26,27)/t11-,12+,17-/m0/s1. The lowest BCUT2D eigenvalue weighted by molar-refractivity contribution is 0.0846. The minimum absolute atomic E-state index is 0.00620. The molecular weight excluding hydrogens is 420 g/mol. The Morgan fingerprint density at radius 1 is 1.34 bits per heavy atom. The van der Waals surface area contributed by atoms with Crippen LogP contribution >= 0.6 is 0 Å². The number of alkyl halides is 2. The van der Waals surface area contributed by atoms with Crippen molar-refractivity contribution in [2.24, 2.45) is 5.92 Å². The lowest BCUT2D eigenvalue weighted by Crippen LogP contribution is -2.17. The maximum Gasteiger partial charge on any atom is 0.260 e. The summed E-state index contributed by atoms with van der Waals surface area (Å²) in [6.45, 7) is 4.59. The molecule has 4 heterocycles. The molecule has 9 nitrogen and oxygen atoms in total. The van der Waals surface area contributed by atoms with E-state index in [-0.39, 0.29) is 29.9 Å². The minimum atomic E-state index is -2.56. The molecule has 1 N–H and O–H groups in total. The molecule has 0 amide bonds. The third kappa shape index (κ3) is 3.75. The lowest BCUT2D eigenvalue weighted by atomic mass is 10.1. The predicted molar refractivity (Wildman–Crippen MR) is 111 cm³/mol. The van der Waals surface area contributed by atoms with Gasteiger partial charge in [0.1, 0.15) is 35.2 Å². The molecule has 1 aliphatic carbocycles. The number of anilines is 2. The SMILES string of the molecule is C[C@H](C(F)F)n1cc(Nc2ncc3cc(C#N)n([C@H]4COC[C@@H]4C)c3n2)c(OC2CC2)n1. The summed E-state index contributed by atoms with van der Waals surface area (Å²) in [6, 6.07) is 2.88. The van der Waals surface area contributed by atoms with Gasteiger partial charge in [-0.1, -0.05) is 6.92 Å². The number of nitrogens with one attached hydrogen (secondary N) is 1. The molecule has 1 saturated heterocycles. The van der Waals surface area contributed by atoms with Crippen LogP contribution in [0.2, 0.25) is 0 Å². The Kier molecular flexibility index (Phi) is 5.17. The zero-order chi connectivity index (χ0) is 22.4. The van der Waals surface area contributed by atoms with Gasteiger partial charge in [0, 0.05) is 17.5 Å². The number of aromatic nitrogens is 5. The van der Waals surface area contributed by atoms with Crippen molar-refractivity contribution in [1.82, 2.24) is 24.3 Å². The number of halogens is 2. The van der Waals surface area contributed by atoms with E-state index in [2.05, 4.69) is 33.4 Å². The maximum absolute atomic E-state index is 13.2. The zero-order valence-corrected chi connectivity index (χ0v) is 17.7. The molecule has 0 bridgehead atoms. The summed E-state index contributed by atoms with van der Waals surface area (Å²) in [7, 11) is 0. The largest absolute Gasteiger partial charge is 0.472 e. The minimum Gasteiger partial charge on any atom is -0.472 e. The van der Waals surface area contributed by atoms with Gasteiger partial charge in [0.05, 0.1) is 25.5 Å². The third-order valence-electron chi connectivity index (χ3n) is 5.88. The Labute approximate surface area is 183 Å². The Morgan fingerprint density at radius 2 is 2.16 bits per heavy atom. The summed E-state index contributed by atoms with van der Waals surface area (Å²) in [5.41, 5.74) is 1.52. The Balaban J connectivity index is 1.51. The molecule has 1 saturated carbocycles. The molecule has 3 aromatic heterocycles. The topological polar surface area (TPSA) is 103 Å². The highest BCUT2D eigenvalue weighted by molar-refractivity contribution is 5.79. The summed E-state index contributed by atoms with van der Waals surface area (Å²) in [6.07, 6.45) is 2.41. The van der Waals surface area contributed by atoms with Crippen molar-refractivity contribution in [2.75, 3.05) is 18.5 Å². The maximum atomic E-state index is 13.2. The van der Waals surface area contributed by atoms with Gasteiger partial charge in [-0.3, -0.25) is 4.68 Å². The quantitative estimate of drug-likeness (QED) is 0.592. The molecule has 0 radical (unpaired) electrons. The van der Waals surface area contributed by atoms with Crippen LogP contribution in [0.25, 0.3) is 11.0 Å². The molecule has 2 aliphatic rings.